The number of rotatable bonds is 7. The van der Waals surface area contributed by atoms with Gasteiger partial charge in [-0.15, -0.1) is 0 Å². The second-order valence-corrected chi connectivity index (χ2v) is 6.24. The molecule has 84 valence electrons. The lowest BCUT2D eigenvalue weighted by Gasteiger charge is -2.10. The van der Waals surface area contributed by atoms with E-state index in [0.717, 1.165) is 5.75 Å². The first-order chi connectivity index (χ1) is 6.45. The van der Waals surface area contributed by atoms with Crippen LogP contribution in [0.25, 0.3) is 0 Å². The summed E-state index contributed by atoms with van der Waals surface area (Å²) in [6, 6.07) is 0. The summed E-state index contributed by atoms with van der Waals surface area (Å²) in [4.78, 5) is 10.6. The van der Waals surface area contributed by atoms with Crippen LogP contribution in [0, 0.1) is 0 Å². The highest BCUT2D eigenvalue weighted by atomic mass is 32.2. The van der Waals surface area contributed by atoms with Crippen molar-refractivity contribution in [3.8, 4) is 0 Å². The Labute approximate surface area is 89.0 Å². The zero-order valence-electron chi connectivity index (χ0n) is 8.39. The fourth-order valence-electron chi connectivity index (χ4n) is 1.13. The van der Waals surface area contributed by atoms with Crippen molar-refractivity contribution in [2.75, 3.05) is 17.8 Å². The van der Waals surface area contributed by atoms with E-state index in [1.165, 1.54) is 0 Å². The molecule has 0 bridgehead atoms. The van der Waals surface area contributed by atoms with Crippen LogP contribution in [0.4, 0.5) is 0 Å². The molecule has 0 saturated carbocycles. The number of hydrogen-bond donors (Lipinski definition) is 1. The molecule has 4 nitrogen and oxygen atoms in total. The van der Waals surface area contributed by atoms with Gasteiger partial charge in [-0.25, -0.2) is 8.42 Å². The van der Waals surface area contributed by atoms with E-state index in [0.29, 0.717) is 6.42 Å². The maximum Gasteiger partial charge on any atom is 0.321 e. The molecule has 1 N–H and O–H groups in total. The molecule has 0 aliphatic heterocycles. The standard InChI is InChI=1S/C8H16O4S2/c1-3-7(8(9)10)14(11,12)6-4-5-13-2/h7H,3-6H2,1-2H3,(H,9,10). The Morgan fingerprint density at radius 1 is 1.50 bits per heavy atom. The largest absolute Gasteiger partial charge is 0.480 e. The number of aliphatic carboxylic acids is 1. The molecule has 0 aliphatic carbocycles. The number of hydrogen-bond acceptors (Lipinski definition) is 4. The minimum absolute atomic E-state index is 0.0291. The highest BCUT2D eigenvalue weighted by Crippen LogP contribution is 2.10. The molecule has 0 spiro atoms. The Hall–Kier alpha value is -0.230. The van der Waals surface area contributed by atoms with Crippen molar-refractivity contribution in [2.45, 2.75) is 25.0 Å². The van der Waals surface area contributed by atoms with Crippen LogP contribution in [0.3, 0.4) is 0 Å². The minimum atomic E-state index is -3.46. The SMILES string of the molecule is CCC(C(=O)O)S(=O)(=O)CCCSC. The van der Waals surface area contributed by atoms with Crippen LogP contribution in [0.1, 0.15) is 19.8 Å². The van der Waals surface area contributed by atoms with E-state index >= 15 is 0 Å². The molecule has 14 heavy (non-hydrogen) atoms. The van der Waals surface area contributed by atoms with Gasteiger partial charge in [0.2, 0.25) is 0 Å². The van der Waals surface area contributed by atoms with Crippen molar-refractivity contribution in [1.29, 1.82) is 0 Å². The molecule has 6 heteroatoms. The highest BCUT2D eigenvalue weighted by Gasteiger charge is 2.29. The molecule has 0 radical (unpaired) electrons. The predicted octanol–water partition coefficient (Wildman–Crippen LogP) is 1.02. The summed E-state index contributed by atoms with van der Waals surface area (Å²) in [5.74, 6) is -0.523. The Morgan fingerprint density at radius 3 is 2.43 bits per heavy atom. The smallest absolute Gasteiger partial charge is 0.321 e. The van der Waals surface area contributed by atoms with Crippen molar-refractivity contribution in [3.63, 3.8) is 0 Å². The Kier molecular flexibility index (Phi) is 6.19. The molecular weight excluding hydrogens is 224 g/mol. The summed E-state index contributed by atoms with van der Waals surface area (Å²) in [5.41, 5.74) is 0. The molecule has 0 aromatic carbocycles. The second-order valence-electron chi connectivity index (χ2n) is 2.95. The number of thioether (sulfide) groups is 1. The molecule has 0 heterocycles. The van der Waals surface area contributed by atoms with Gasteiger partial charge in [0.05, 0.1) is 5.75 Å². The van der Waals surface area contributed by atoms with Crippen LogP contribution in [0.5, 0.6) is 0 Å². The highest BCUT2D eigenvalue weighted by molar-refractivity contribution is 7.98. The van der Waals surface area contributed by atoms with Crippen molar-refractivity contribution >= 4 is 27.6 Å². The van der Waals surface area contributed by atoms with E-state index in [9.17, 15) is 13.2 Å². The van der Waals surface area contributed by atoms with Crippen LogP contribution < -0.4 is 0 Å². The number of carboxylic acids is 1. The van der Waals surface area contributed by atoms with Crippen LogP contribution in [0.15, 0.2) is 0 Å². The van der Waals surface area contributed by atoms with E-state index in [1.807, 2.05) is 6.26 Å². The zero-order chi connectivity index (χ0) is 11.2. The molecule has 0 aromatic heterocycles. The first-order valence-electron chi connectivity index (χ1n) is 4.39. The molecule has 0 saturated heterocycles. The third kappa shape index (κ3) is 4.32. The first-order valence-corrected chi connectivity index (χ1v) is 7.50. The quantitative estimate of drug-likeness (QED) is 0.673. The van der Waals surface area contributed by atoms with Gasteiger partial charge in [0.15, 0.2) is 15.1 Å². The van der Waals surface area contributed by atoms with Gasteiger partial charge in [0, 0.05) is 0 Å². The topological polar surface area (TPSA) is 71.4 Å². The summed E-state index contributed by atoms with van der Waals surface area (Å²) < 4.78 is 23.0. The van der Waals surface area contributed by atoms with Gasteiger partial charge >= 0.3 is 5.97 Å². The monoisotopic (exact) mass is 240 g/mol. The Morgan fingerprint density at radius 2 is 2.07 bits per heavy atom. The number of sulfone groups is 1. The van der Waals surface area contributed by atoms with E-state index in [2.05, 4.69) is 0 Å². The normalized spacial score (nSPS) is 13.9. The van der Waals surface area contributed by atoms with Crippen LogP contribution in [-0.2, 0) is 14.6 Å². The van der Waals surface area contributed by atoms with Gasteiger partial charge in [-0.3, -0.25) is 4.79 Å². The predicted molar refractivity (Wildman–Crippen MR) is 58.5 cm³/mol. The lowest BCUT2D eigenvalue weighted by Crippen LogP contribution is -2.31. The maximum atomic E-state index is 11.5. The number of carbonyl (C=O) groups is 1. The molecule has 1 atom stereocenters. The van der Waals surface area contributed by atoms with Gasteiger partial charge in [0.1, 0.15) is 0 Å². The van der Waals surface area contributed by atoms with Crippen molar-refractivity contribution in [2.24, 2.45) is 0 Å². The van der Waals surface area contributed by atoms with E-state index in [4.69, 9.17) is 5.11 Å². The van der Waals surface area contributed by atoms with Crippen LogP contribution >= 0.6 is 11.8 Å². The fourth-order valence-corrected chi connectivity index (χ4v) is 3.39. The summed E-state index contributed by atoms with van der Waals surface area (Å²) in [6.07, 6.45) is 2.55. The average Bonchev–Trinajstić information content (AvgIpc) is 2.04. The van der Waals surface area contributed by atoms with Gasteiger partial charge in [-0.1, -0.05) is 6.92 Å². The average molecular weight is 240 g/mol. The van der Waals surface area contributed by atoms with Crippen molar-refractivity contribution < 1.29 is 18.3 Å². The zero-order valence-corrected chi connectivity index (χ0v) is 10.0. The molecule has 0 aromatic rings. The van der Waals surface area contributed by atoms with Crippen LogP contribution in [-0.4, -0.2) is 42.5 Å². The van der Waals surface area contributed by atoms with Gasteiger partial charge in [-0.05, 0) is 24.9 Å². The van der Waals surface area contributed by atoms with Crippen molar-refractivity contribution in [1.82, 2.24) is 0 Å². The van der Waals surface area contributed by atoms with E-state index in [1.54, 1.807) is 18.7 Å². The van der Waals surface area contributed by atoms with Gasteiger partial charge in [0.25, 0.3) is 0 Å². The number of carboxylic acid groups (broad SMARTS) is 1. The third-order valence-corrected chi connectivity index (χ3v) is 4.81. The molecular formula is C8H16O4S2. The molecule has 1 unspecified atom stereocenters. The van der Waals surface area contributed by atoms with Gasteiger partial charge in [-0.2, -0.15) is 11.8 Å². The molecule has 0 fully saturated rings. The summed E-state index contributed by atoms with van der Waals surface area (Å²) in [7, 11) is -3.46. The third-order valence-electron chi connectivity index (χ3n) is 1.86. The summed E-state index contributed by atoms with van der Waals surface area (Å²) >= 11 is 1.56. The first kappa shape index (κ1) is 13.8. The van der Waals surface area contributed by atoms with Crippen LogP contribution in [0.2, 0.25) is 0 Å². The Bertz CT molecular complexity index is 271. The summed E-state index contributed by atoms with van der Waals surface area (Å²) in [5, 5.41) is 7.45. The van der Waals surface area contributed by atoms with E-state index < -0.39 is 21.1 Å². The second kappa shape index (κ2) is 6.29. The Balaban J connectivity index is 4.35. The lowest BCUT2D eigenvalue weighted by molar-refractivity contribution is -0.136. The lowest BCUT2D eigenvalue weighted by atomic mass is 10.3. The van der Waals surface area contributed by atoms with Gasteiger partial charge < -0.3 is 5.11 Å². The van der Waals surface area contributed by atoms with E-state index in [-0.39, 0.29) is 12.2 Å². The summed E-state index contributed by atoms with van der Waals surface area (Å²) in [6.45, 7) is 1.57. The molecule has 0 amide bonds. The maximum absolute atomic E-state index is 11.5. The molecule has 0 rings (SSSR count). The van der Waals surface area contributed by atoms with Crippen molar-refractivity contribution in [3.05, 3.63) is 0 Å². The fraction of sp³-hybridized carbons (Fsp3) is 0.875. The minimum Gasteiger partial charge on any atom is -0.480 e. The molecule has 0 aliphatic rings.